The summed E-state index contributed by atoms with van der Waals surface area (Å²) in [6, 6.07) is 3.15. The SMILES string of the molecule is CCOC(=O)c1cc(N2CCOCC2)c(N)cc1C=O. The molecule has 6 heteroatoms. The van der Waals surface area contributed by atoms with Crippen LogP contribution in [-0.4, -0.2) is 45.2 Å². The van der Waals surface area contributed by atoms with Gasteiger partial charge in [-0.1, -0.05) is 0 Å². The van der Waals surface area contributed by atoms with Crippen LogP contribution >= 0.6 is 0 Å². The number of hydrogen-bond donors (Lipinski definition) is 1. The molecule has 1 aliphatic heterocycles. The Bertz CT molecular complexity index is 510. The number of hydrogen-bond acceptors (Lipinski definition) is 6. The first-order chi connectivity index (χ1) is 9.67. The number of esters is 1. The van der Waals surface area contributed by atoms with E-state index in [0.29, 0.717) is 38.3 Å². The van der Waals surface area contributed by atoms with E-state index in [1.807, 2.05) is 4.90 Å². The predicted octanol–water partition coefficient (Wildman–Crippen LogP) is 1.09. The molecule has 1 fully saturated rings. The summed E-state index contributed by atoms with van der Waals surface area (Å²) in [5.41, 5.74) is 7.69. The van der Waals surface area contributed by atoms with Crippen LogP contribution in [0.2, 0.25) is 0 Å². The van der Waals surface area contributed by atoms with Gasteiger partial charge in [0, 0.05) is 18.7 Å². The first-order valence-electron chi connectivity index (χ1n) is 6.56. The Hall–Kier alpha value is -2.08. The van der Waals surface area contributed by atoms with Crippen LogP contribution in [-0.2, 0) is 9.47 Å². The molecule has 2 N–H and O–H groups in total. The Kier molecular flexibility index (Phi) is 4.57. The van der Waals surface area contributed by atoms with Crippen molar-refractivity contribution in [3.63, 3.8) is 0 Å². The lowest BCUT2D eigenvalue weighted by molar-refractivity contribution is 0.0524. The average molecular weight is 278 g/mol. The number of nitrogen functional groups attached to an aromatic ring is 1. The number of carbonyl (C=O) groups excluding carboxylic acids is 2. The van der Waals surface area contributed by atoms with Crippen LogP contribution in [0.15, 0.2) is 12.1 Å². The second kappa shape index (κ2) is 6.38. The fraction of sp³-hybridized carbons (Fsp3) is 0.429. The van der Waals surface area contributed by atoms with Crippen molar-refractivity contribution in [1.82, 2.24) is 0 Å². The standard InChI is InChI=1S/C14H18N2O4/c1-2-20-14(18)11-8-13(12(15)7-10(11)9-17)16-3-5-19-6-4-16/h7-9H,2-6,15H2,1H3. The fourth-order valence-electron chi connectivity index (χ4n) is 2.18. The number of rotatable bonds is 4. The van der Waals surface area contributed by atoms with Crippen molar-refractivity contribution in [2.24, 2.45) is 0 Å². The Balaban J connectivity index is 2.39. The van der Waals surface area contributed by atoms with Gasteiger partial charge in [0.2, 0.25) is 0 Å². The molecule has 0 aromatic heterocycles. The third kappa shape index (κ3) is 2.91. The van der Waals surface area contributed by atoms with Crippen LogP contribution < -0.4 is 10.6 Å². The van der Waals surface area contributed by atoms with Crippen LogP contribution in [0.4, 0.5) is 11.4 Å². The maximum Gasteiger partial charge on any atom is 0.338 e. The van der Waals surface area contributed by atoms with Gasteiger partial charge in [-0.3, -0.25) is 4.79 Å². The molecule has 108 valence electrons. The molecule has 0 atom stereocenters. The van der Waals surface area contributed by atoms with Crippen molar-refractivity contribution < 1.29 is 19.1 Å². The smallest absolute Gasteiger partial charge is 0.338 e. The minimum absolute atomic E-state index is 0.248. The van der Waals surface area contributed by atoms with Gasteiger partial charge in [0.15, 0.2) is 6.29 Å². The van der Waals surface area contributed by atoms with Gasteiger partial charge >= 0.3 is 5.97 Å². The molecule has 1 aromatic carbocycles. The number of benzene rings is 1. The van der Waals surface area contributed by atoms with Crippen molar-refractivity contribution in [1.29, 1.82) is 0 Å². The highest BCUT2D eigenvalue weighted by Crippen LogP contribution is 2.28. The van der Waals surface area contributed by atoms with E-state index in [1.165, 1.54) is 6.07 Å². The van der Waals surface area contributed by atoms with Gasteiger partial charge in [-0.05, 0) is 19.1 Å². The largest absolute Gasteiger partial charge is 0.462 e. The van der Waals surface area contributed by atoms with Crippen LogP contribution in [0.1, 0.15) is 27.6 Å². The highest BCUT2D eigenvalue weighted by atomic mass is 16.5. The molecule has 1 heterocycles. The Morgan fingerprint density at radius 3 is 2.75 bits per heavy atom. The molecule has 0 spiro atoms. The van der Waals surface area contributed by atoms with Gasteiger partial charge in [0.25, 0.3) is 0 Å². The number of anilines is 2. The van der Waals surface area contributed by atoms with E-state index in [0.717, 1.165) is 5.69 Å². The van der Waals surface area contributed by atoms with Gasteiger partial charge < -0.3 is 20.1 Å². The van der Waals surface area contributed by atoms with Gasteiger partial charge in [-0.15, -0.1) is 0 Å². The van der Waals surface area contributed by atoms with Crippen LogP contribution in [0.5, 0.6) is 0 Å². The maximum atomic E-state index is 11.9. The molecule has 6 nitrogen and oxygen atoms in total. The Labute approximate surface area is 117 Å². The maximum absolute atomic E-state index is 11.9. The average Bonchev–Trinajstić information content (AvgIpc) is 2.48. The van der Waals surface area contributed by atoms with Gasteiger partial charge in [0.1, 0.15) is 0 Å². The van der Waals surface area contributed by atoms with Crippen LogP contribution in [0.3, 0.4) is 0 Å². The number of morpholine rings is 1. The first kappa shape index (κ1) is 14.3. The van der Waals surface area contributed by atoms with E-state index >= 15 is 0 Å². The monoisotopic (exact) mass is 278 g/mol. The molecule has 0 amide bonds. The summed E-state index contributed by atoms with van der Waals surface area (Å²) in [4.78, 5) is 25.0. The van der Waals surface area contributed by atoms with Gasteiger partial charge in [0.05, 0.1) is 36.8 Å². The molecule has 0 aliphatic carbocycles. The molecule has 0 saturated carbocycles. The van der Waals surface area contributed by atoms with E-state index in [4.69, 9.17) is 15.2 Å². The van der Waals surface area contributed by atoms with Gasteiger partial charge in [-0.2, -0.15) is 0 Å². The molecule has 0 radical (unpaired) electrons. The third-order valence-corrected chi connectivity index (χ3v) is 3.17. The number of aldehydes is 1. The van der Waals surface area contributed by atoms with Crippen LogP contribution in [0.25, 0.3) is 0 Å². The predicted molar refractivity (Wildman–Crippen MR) is 75.2 cm³/mol. The quantitative estimate of drug-likeness (QED) is 0.504. The van der Waals surface area contributed by atoms with E-state index < -0.39 is 5.97 Å². The molecule has 20 heavy (non-hydrogen) atoms. The summed E-state index contributed by atoms with van der Waals surface area (Å²) in [6.45, 7) is 4.61. The van der Waals surface area contributed by atoms with Crippen molar-refractivity contribution in [3.05, 3.63) is 23.3 Å². The lowest BCUT2D eigenvalue weighted by atomic mass is 10.0. The number of nitrogens with zero attached hydrogens (tertiary/aromatic N) is 1. The Morgan fingerprint density at radius 2 is 2.15 bits per heavy atom. The highest BCUT2D eigenvalue weighted by molar-refractivity contribution is 6.01. The first-order valence-corrected chi connectivity index (χ1v) is 6.56. The number of ether oxygens (including phenoxy) is 2. The fourth-order valence-corrected chi connectivity index (χ4v) is 2.18. The molecule has 1 saturated heterocycles. The van der Waals surface area contributed by atoms with Gasteiger partial charge in [-0.25, -0.2) is 4.79 Å². The van der Waals surface area contributed by atoms with Crippen molar-refractivity contribution in [3.8, 4) is 0 Å². The molecule has 0 bridgehead atoms. The summed E-state index contributed by atoms with van der Waals surface area (Å²) in [6.07, 6.45) is 0.617. The summed E-state index contributed by atoms with van der Waals surface area (Å²) >= 11 is 0. The van der Waals surface area contributed by atoms with E-state index in [1.54, 1.807) is 13.0 Å². The number of nitrogens with two attached hydrogens (primary N) is 1. The van der Waals surface area contributed by atoms with Crippen molar-refractivity contribution >= 4 is 23.6 Å². The lowest BCUT2D eigenvalue weighted by Gasteiger charge is -2.30. The normalized spacial score (nSPS) is 14.9. The van der Waals surface area contributed by atoms with E-state index in [9.17, 15) is 9.59 Å². The Morgan fingerprint density at radius 1 is 1.45 bits per heavy atom. The molecule has 1 aliphatic rings. The topological polar surface area (TPSA) is 81.9 Å². The number of carbonyl (C=O) groups is 2. The van der Waals surface area contributed by atoms with Crippen molar-refractivity contribution in [2.75, 3.05) is 43.5 Å². The van der Waals surface area contributed by atoms with Crippen molar-refractivity contribution in [2.45, 2.75) is 6.92 Å². The zero-order chi connectivity index (χ0) is 14.5. The summed E-state index contributed by atoms with van der Waals surface area (Å²) in [5, 5.41) is 0. The summed E-state index contributed by atoms with van der Waals surface area (Å²) in [5.74, 6) is -0.510. The summed E-state index contributed by atoms with van der Waals surface area (Å²) in [7, 11) is 0. The molecular weight excluding hydrogens is 260 g/mol. The third-order valence-electron chi connectivity index (χ3n) is 3.17. The lowest BCUT2D eigenvalue weighted by Crippen LogP contribution is -2.36. The molecule has 2 rings (SSSR count). The molecular formula is C14H18N2O4. The minimum Gasteiger partial charge on any atom is -0.462 e. The second-order valence-corrected chi connectivity index (χ2v) is 4.44. The molecule has 0 unspecified atom stereocenters. The zero-order valence-electron chi connectivity index (χ0n) is 11.4. The zero-order valence-corrected chi connectivity index (χ0v) is 11.4. The van der Waals surface area contributed by atoms with E-state index in [-0.39, 0.29) is 17.7 Å². The molecule has 1 aromatic rings. The highest BCUT2D eigenvalue weighted by Gasteiger charge is 2.20. The second-order valence-electron chi connectivity index (χ2n) is 4.44. The minimum atomic E-state index is -0.510. The summed E-state index contributed by atoms with van der Waals surface area (Å²) < 4.78 is 10.3. The van der Waals surface area contributed by atoms with E-state index in [2.05, 4.69) is 0 Å². The van der Waals surface area contributed by atoms with Crippen LogP contribution in [0, 0.1) is 0 Å².